The Morgan fingerprint density at radius 3 is 1.58 bits per heavy atom. The molecule has 2 unspecified atom stereocenters. The fraction of sp³-hybridized carbons (Fsp3) is 1.00. The fourth-order valence-corrected chi connectivity index (χ4v) is 6.19. The van der Waals surface area contributed by atoms with Crippen molar-refractivity contribution >= 4 is 31.9 Å². The van der Waals surface area contributed by atoms with Crippen molar-refractivity contribution in [1.82, 2.24) is 0 Å². The van der Waals surface area contributed by atoms with Crippen molar-refractivity contribution in [1.29, 1.82) is 0 Å². The van der Waals surface area contributed by atoms with E-state index in [1.165, 1.54) is 12.8 Å². The summed E-state index contributed by atoms with van der Waals surface area (Å²) in [6, 6.07) is 0. The Balaban J connectivity index is 2.44. The van der Waals surface area contributed by atoms with Gasteiger partial charge in [0, 0.05) is 9.65 Å². The van der Waals surface area contributed by atoms with E-state index in [0.29, 0.717) is 20.5 Å². The largest absolute Gasteiger partial charge is 0.0884 e. The van der Waals surface area contributed by atoms with Crippen LogP contribution in [0.3, 0.4) is 0 Å². The van der Waals surface area contributed by atoms with Gasteiger partial charge in [-0.3, -0.25) is 0 Å². The zero-order chi connectivity index (χ0) is 9.15. The molecule has 2 rings (SSSR count). The van der Waals surface area contributed by atoms with Crippen LogP contribution >= 0.6 is 31.9 Å². The molecule has 12 heavy (non-hydrogen) atoms. The lowest BCUT2D eigenvalue weighted by Crippen LogP contribution is -2.39. The molecule has 0 aliphatic heterocycles. The fourth-order valence-electron chi connectivity index (χ4n) is 3.12. The molecule has 2 aliphatic carbocycles. The first-order valence-electron chi connectivity index (χ1n) is 4.69. The Morgan fingerprint density at radius 2 is 1.42 bits per heavy atom. The summed E-state index contributed by atoms with van der Waals surface area (Å²) in [6.45, 7) is 7.29. The van der Waals surface area contributed by atoms with Crippen molar-refractivity contribution in [2.75, 3.05) is 0 Å². The molecular formula is C10H16Br2. The van der Waals surface area contributed by atoms with E-state index in [1.807, 2.05) is 0 Å². The average Bonchev–Trinajstić information content (AvgIpc) is 2.20. The molecule has 0 aromatic carbocycles. The molecule has 0 aromatic heterocycles. The molecule has 2 aliphatic rings. The van der Waals surface area contributed by atoms with Gasteiger partial charge in [0.15, 0.2) is 0 Å². The van der Waals surface area contributed by atoms with Gasteiger partial charge in [-0.1, -0.05) is 52.6 Å². The van der Waals surface area contributed by atoms with E-state index in [0.717, 1.165) is 5.92 Å². The molecule has 0 aromatic rings. The highest BCUT2D eigenvalue weighted by molar-refractivity contribution is 9.10. The number of fused-ring (bicyclic) bond motifs is 2. The highest BCUT2D eigenvalue weighted by Crippen LogP contribution is 2.69. The van der Waals surface area contributed by atoms with Crippen LogP contribution in [0.15, 0.2) is 0 Å². The van der Waals surface area contributed by atoms with E-state index in [1.54, 1.807) is 0 Å². The Hall–Kier alpha value is 0.960. The number of hydrogen-bond donors (Lipinski definition) is 0. The summed E-state index contributed by atoms with van der Waals surface area (Å²) in [5, 5.41) is 0. The highest BCUT2D eigenvalue weighted by Gasteiger charge is 2.64. The number of alkyl halides is 2. The average molecular weight is 296 g/mol. The second-order valence-electron chi connectivity index (χ2n) is 5.11. The molecule has 0 radical (unpaired) electrons. The van der Waals surface area contributed by atoms with Gasteiger partial charge in [0.1, 0.15) is 0 Å². The molecule has 0 heterocycles. The van der Waals surface area contributed by atoms with Crippen molar-refractivity contribution in [3.8, 4) is 0 Å². The van der Waals surface area contributed by atoms with E-state index < -0.39 is 0 Å². The standard InChI is InChI=1S/C10H16Br2/c1-9(2)6-4-7(11)10(9,3)8(12)5-6/h6-8H,4-5H2,1-3H3. The molecule has 2 bridgehead atoms. The van der Waals surface area contributed by atoms with Crippen LogP contribution in [-0.2, 0) is 0 Å². The minimum atomic E-state index is 0.456. The molecule has 0 amide bonds. The SMILES string of the molecule is CC1(C)C2CC(Br)C1(C)C(Br)C2. The van der Waals surface area contributed by atoms with Crippen molar-refractivity contribution in [3.63, 3.8) is 0 Å². The Bertz CT molecular complexity index is 198. The van der Waals surface area contributed by atoms with Crippen LogP contribution in [0.5, 0.6) is 0 Å². The predicted molar refractivity (Wildman–Crippen MR) is 60.0 cm³/mol. The topological polar surface area (TPSA) is 0 Å². The molecule has 2 atom stereocenters. The summed E-state index contributed by atoms with van der Waals surface area (Å²) in [4.78, 5) is 1.42. The quantitative estimate of drug-likeness (QED) is 0.593. The third-order valence-electron chi connectivity index (χ3n) is 4.69. The lowest BCUT2D eigenvalue weighted by molar-refractivity contribution is 0.163. The van der Waals surface area contributed by atoms with E-state index in [2.05, 4.69) is 52.6 Å². The van der Waals surface area contributed by atoms with Gasteiger partial charge in [-0.15, -0.1) is 0 Å². The lowest BCUT2D eigenvalue weighted by atomic mass is 9.71. The minimum absolute atomic E-state index is 0.456. The first kappa shape index (κ1) is 9.51. The first-order valence-corrected chi connectivity index (χ1v) is 6.52. The smallest absolute Gasteiger partial charge is 0.0218 e. The number of halogens is 2. The summed E-state index contributed by atoms with van der Waals surface area (Å²) < 4.78 is 0. The monoisotopic (exact) mass is 294 g/mol. The summed E-state index contributed by atoms with van der Waals surface area (Å²) in [6.07, 6.45) is 2.73. The van der Waals surface area contributed by atoms with Gasteiger partial charge >= 0.3 is 0 Å². The zero-order valence-electron chi connectivity index (χ0n) is 7.90. The third kappa shape index (κ3) is 0.841. The molecule has 0 spiro atoms. The van der Waals surface area contributed by atoms with Gasteiger partial charge in [0.2, 0.25) is 0 Å². The zero-order valence-corrected chi connectivity index (χ0v) is 11.1. The van der Waals surface area contributed by atoms with Crippen LogP contribution in [-0.4, -0.2) is 9.65 Å². The lowest BCUT2D eigenvalue weighted by Gasteiger charge is -2.39. The van der Waals surface area contributed by atoms with Crippen LogP contribution in [0, 0.1) is 16.7 Å². The summed E-state index contributed by atoms with van der Waals surface area (Å²) in [5.74, 6) is 0.913. The van der Waals surface area contributed by atoms with E-state index in [9.17, 15) is 0 Å². The van der Waals surface area contributed by atoms with Crippen LogP contribution in [0.2, 0.25) is 0 Å². The maximum Gasteiger partial charge on any atom is 0.0218 e. The van der Waals surface area contributed by atoms with Gasteiger partial charge < -0.3 is 0 Å². The van der Waals surface area contributed by atoms with E-state index in [4.69, 9.17) is 0 Å². The Kier molecular flexibility index (Phi) is 1.98. The van der Waals surface area contributed by atoms with Gasteiger partial charge in [-0.2, -0.15) is 0 Å². The number of hydrogen-bond acceptors (Lipinski definition) is 0. The van der Waals surface area contributed by atoms with E-state index in [-0.39, 0.29) is 0 Å². The second-order valence-corrected chi connectivity index (χ2v) is 7.32. The van der Waals surface area contributed by atoms with Crippen molar-refractivity contribution in [3.05, 3.63) is 0 Å². The molecule has 70 valence electrons. The van der Waals surface area contributed by atoms with Crippen molar-refractivity contribution < 1.29 is 0 Å². The van der Waals surface area contributed by atoms with Crippen molar-refractivity contribution in [2.45, 2.75) is 43.3 Å². The molecular weight excluding hydrogens is 280 g/mol. The van der Waals surface area contributed by atoms with Crippen LogP contribution < -0.4 is 0 Å². The first-order chi connectivity index (χ1) is 5.40. The van der Waals surface area contributed by atoms with Crippen molar-refractivity contribution in [2.24, 2.45) is 16.7 Å². The Morgan fingerprint density at radius 1 is 1.00 bits per heavy atom. The van der Waals surface area contributed by atoms with Crippen LogP contribution in [0.25, 0.3) is 0 Å². The highest BCUT2D eigenvalue weighted by atomic mass is 79.9. The van der Waals surface area contributed by atoms with Gasteiger partial charge in [-0.05, 0) is 29.6 Å². The molecule has 2 fully saturated rings. The van der Waals surface area contributed by atoms with Gasteiger partial charge in [0.05, 0.1) is 0 Å². The summed E-state index contributed by atoms with van der Waals surface area (Å²) >= 11 is 7.67. The molecule has 2 heteroatoms. The molecule has 0 saturated heterocycles. The maximum absolute atomic E-state index is 3.84. The van der Waals surface area contributed by atoms with E-state index >= 15 is 0 Å². The van der Waals surface area contributed by atoms with Crippen LogP contribution in [0.4, 0.5) is 0 Å². The summed E-state index contributed by atoms with van der Waals surface area (Å²) in [7, 11) is 0. The molecule has 2 saturated carbocycles. The minimum Gasteiger partial charge on any atom is -0.0884 e. The van der Waals surface area contributed by atoms with Gasteiger partial charge in [0.25, 0.3) is 0 Å². The van der Waals surface area contributed by atoms with Crippen LogP contribution in [0.1, 0.15) is 33.6 Å². The summed E-state index contributed by atoms with van der Waals surface area (Å²) in [5.41, 5.74) is 0.965. The third-order valence-corrected chi connectivity index (χ3v) is 7.34. The number of rotatable bonds is 0. The predicted octanol–water partition coefficient (Wildman–Crippen LogP) is 3.97. The molecule has 0 N–H and O–H groups in total. The Labute approximate surface area is 91.7 Å². The van der Waals surface area contributed by atoms with Gasteiger partial charge in [-0.25, -0.2) is 0 Å². The normalized spacial score (nSPS) is 56.2. The second kappa shape index (κ2) is 2.50. The molecule has 0 nitrogen and oxygen atoms in total. The maximum atomic E-state index is 3.84.